The minimum absolute atomic E-state index is 0.577. The molecule has 0 N–H and O–H groups in total. The molecule has 13 heavy (non-hydrogen) atoms. The highest BCUT2D eigenvalue weighted by molar-refractivity contribution is 9.10. The molecule has 5 heteroatoms. The maximum absolute atomic E-state index is 4.32. The Morgan fingerprint density at radius 3 is 2.54 bits per heavy atom. The average Bonchev–Trinajstić information content (AvgIpc) is 2.42. The molecule has 0 aromatic carbocycles. The maximum Gasteiger partial charge on any atom is 0.253 e. The summed E-state index contributed by atoms with van der Waals surface area (Å²) in [6.07, 6.45) is 0. The molecule has 2 rings (SSSR count). The topological polar surface area (TPSA) is 43.1 Å². The van der Waals surface area contributed by atoms with Crippen LogP contribution in [0.25, 0.3) is 5.78 Å². The summed E-state index contributed by atoms with van der Waals surface area (Å²) in [5, 5.41) is 4.17. The molecule has 0 amide bonds. The van der Waals surface area contributed by atoms with Crippen molar-refractivity contribution < 1.29 is 0 Å². The Hall–Kier alpha value is -0.970. The first-order valence-corrected chi connectivity index (χ1v) is 4.75. The lowest BCUT2D eigenvalue weighted by Gasteiger charge is -2.03. The molecule has 0 radical (unpaired) electrons. The van der Waals surface area contributed by atoms with Crippen molar-refractivity contribution in [3.63, 3.8) is 0 Å². The molecule has 0 atom stereocenters. The highest BCUT2D eigenvalue weighted by Crippen LogP contribution is 2.13. The van der Waals surface area contributed by atoms with Gasteiger partial charge in [0.1, 0.15) is 0 Å². The number of halogens is 1. The van der Waals surface area contributed by atoms with Gasteiger partial charge in [0.2, 0.25) is 4.73 Å². The fourth-order valence-electron chi connectivity index (χ4n) is 1.23. The number of rotatable bonds is 0. The van der Waals surface area contributed by atoms with Gasteiger partial charge in [0, 0.05) is 11.4 Å². The normalized spacial score (nSPS) is 11.1. The molecule has 0 spiro atoms. The number of hydrogen-bond donors (Lipinski definition) is 0. The SMILES string of the molecule is Cc1nc2nc(Br)nn2c(C)c1C. The monoisotopic (exact) mass is 240 g/mol. The van der Waals surface area contributed by atoms with Crippen LogP contribution in [0.3, 0.4) is 0 Å². The average molecular weight is 241 g/mol. The molecule has 0 aliphatic carbocycles. The lowest BCUT2D eigenvalue weighted by Crippen LogP contribution is -2.02. The van der Waals surface area contributed by atoms with Crippen molar-refractivity contribution in [3.05, 3.63) is 21.7 Å². The minimum Gasteiger partial charge on any atom is -0.216 e. The Balaban J connectivity index is 2.92. The summed E-state index contributed by atoms with van der Waals surface area (Å²) in [6, 6.07) is 0. The van der Waals surface area contributed by atoms with Crippen LogP contribution >= 0.6 is 15.9 Å². The number of aryl methyl sites for hydroxylation is 2. The van der Waals surface area contributed by atoms with Gasteiger partial charge in [0.15, 0.2) is 0 Å². The first-order chi connectivity index (χ1) is 6.09. The van der Waals surface area contributed by atoms with E-state index in [2.05, 4.69) is 31.0 Å². The summed E-state index contributed by atoms with van der Waals surface area (Å²) in [4.78, 5) is 8.45. The zero-order chi connectivity index (χ0) is 9.59. The number of nitrogens with zero attached hydrogens (tertiary/aromatic N) is 4. The molecule has 0 aliphatic heterocycles. The molecule has 2 heterocycles. The molecule has 0 saturated heterocycles. The smallest absolute Gasteiger partial charge is 0.216 e. The second-order valence-corrected chi connectivity index (χ2v) is 3.71. The van der Waals surface area contributed by atoms with Crippen molar-refractivity contribution in [1.29, 1.82) is 0 Å². The molecule has 0 fully saturated rings. The Morgan fingerprint density at radius 1 is 1.15 bits per heavy atom. The lowest BCUT2D eigenvalue weighted by molar-refractivity contribution is 0.862. The Labute approximate surface area is 84.1 Å². The van der Waals surface area contributed by atoms with Crippen LogP contribution in [0.1, 0.15) is 17.0 Å². The van der Waals surface area contributed by atoms with Gasteiger partial charge in [0.05, 0.1) is 0 Å². The molecule has 4 nitrogen and oxygen atoms in total. The Bertz CT molecular complexity index is 474. The second-order valence-electron chi connectivity index (χ2n) is 3.00. The third kappa shape index (κ3) is 1.23. The summed E-state index contributed by atoms with van der Waals surface area (Å²) in [5.41, 5.74) is 3.25. The van der Waals surface area contributed by atoms with Crippen molar-refractivity contribution in [2.45, 2.75) is 20.8 Å². The van der Waals surface area contributed by atoms with Crippen LogP contribution < -0.4 is 0 Å². The van der Waals surface area contributed by atoms with E-state index in [-0.39, 0.29) is 0 Å². The van der Waals surface area contributed by atoms with E-state index in [1.807, 2.05) is 20.8 Å². The third-order valence-electron chi connectivity index (χ3n) is 2.24. The van der Waals surface area contributed by atoms with Gasteiger partial charge < -0.3 is 0 Å². The fourth-order valence-corrected chi connectivity index (χ4v) is 1.55. The van der Waals surface area contributed by atoms with E-state index in [4.69, 9.17) is 0 Å². The molecule has 0 saturated carbocycles. The summed E-state index contributed by atoms with van der Waals surface area (Å²) in [5.74, 6) is 0.646. The Kier molecular flexibility index (Phi) is 1.83. The number of hydrogen-bond acceptors (Lipinski definition) is 3. The van der Waals surface area contributed by atoms with Crippen LogP contribution in [0.5, 0.6) is 0 Å². The van der Waals surface area contributed by atoms with Gasteiger partial charge in [-0.15, -0.1) is 5.10 Å². The largest absolute Gasteiger partial charge is 0.253 e. The van der Waals surface area contributed by atoms with Crippen LogP contribution in [0, 0.1) is 20.8 Å². The van der Waals surface area contributed by atoms with E-state index in [1.54, 1.807) is 4.52 Å². The number of aromatic nitrogens is 4. The zero-order valence-corrected chi connectivity index (χ0v) is 9.25. The predicted molar refractivity (Wildman–Crippen MR) is 52.7 cm³/mol. The molecule has 2 aromatic rings. The van der Waals surface area contributed by atoms with Crippen LogP contribution in [0.4, 0.5) is 0 Å². The van der Waals surface area contributed by atoms with Crippen molar-refractivity contribution in [2.24, 2.45) is 0 Å². The standard InChI is InChI=1S/C8H9BrN4/c1-4-5(2)10-8-11-7(9)12-13(8)6(4)3/h1-3H3. The Morgan fingerprint density at radius 2 is 1.85 bits per heavy atom. The van der Waals surface area contributed by atoms with Gasteiger partial charge in [-0.05, 0) is 42.3 Å². The van der Waals surface area contributed by atoms with E-state index >= 15 is 0 Å². The third-order valence-corrected chi connectivity index (χ3v) is 2.57. The summed E-state index contributed by atoms with van der Waals surface area (Å²) >= 11 is 3.22. The highest BCUT2D eigenvalue weighted by atomic mass is 79.9. The molecule has 0 aliphatic rings. The van der Waals surface area contributed by atoms with Gasteiger partial charge in [0.25, 0.3) is 5.78 Å². The van der Waals surface area contributed by atoms with Crippen LogP contribution in [0.2, 0.25) is 0 Å². The van der Waals surface area contributed by atoms with Crippen LogP contribution in [-0.2, 0) is 0 Å². The van der Waals surface area contributed by atoms with E-state index in [0.29, 0.717) is 10.5 Å². The van der Waals surface area contributed by atoms with E-state index in [0.717, 1.165) is 17.0 Å². The summed E-state index contributed by atoms with van der Waals surface area (Å²) < 4.78 is 2.32. The zero-order valence-electron chi connectivity index (χ0n) is 7.67. The van der Waals surface area contributed by atoms with Crippen LogP contribution in [-0.4, -0.2) is 19.6 Å². The summed E-state index contributed by atoms with van der Waals surface area (Å²) in [6.45, 7) is 6.02. The quantitative estimate of drug-likeness (QED) is 0.706. The molecule has 0 bridgehead atoms. The maximum atomic E-state index is 4.32. The summed E-state index contributed by atoms with van der Waals surface area (Å²) in [7, 11) is 0. The van der Waals surface area contributed by atoms with Gasteiger partial charge in [-0.25, -0.2) is 9.50 Å². The van der Waals surface area contributed by atoms with Crippen molar-refractivity contribution in [1.82, 2.24) is 19.6 Å². The van der Waals surface area contributed by atoms with E-state index in [1.165, 1.54) is 0 Å². The highest BCUT2D eigenvalue weighted by Gasteiger charge is 2.08. The first kappa shape index (κ1) is 8.62. The van der Waals surface area contributed by atoms with Crippen molar-refractivity contribution in [3.8, 4) is 0 Å². The number of fused-ring (bicyclic) bond motifs is 1. The van der Waals surface area contributed by atoms with Gasteiger partial charge in [-0.3, -0.25) is 0 Å². The molecular weight excluding hydrogens is 232 g/mol. The molecular formula is C8H9BrN4. The molecule has 68 valence electrons. The predicted octanol–water partition coefficient (Wildman–Crippen LogP) is 1.81. The van der Waals surface area contributed by atoms with Crippen molar-refractivity contribution >= 4 is 21.7 Å². The van der Waals surface area contributed by atoms with Crippen LogP contribution in [0.15, 0.2) is 4.73 Å². The van der Waals surface area contributed by atoms with Gasteiger partial charge in [-0.2, -0.15) is 4.98 Å². The van der Waals surface area contributed by atoms with Gasteiger partial charge >= 0.3 is 0 Å². The fraction of sp³-hybridized carbons (Fsp3) is 0.375. The molecule has 0 unspecified atom stereocenters. The van der Waals surface area contributed by atoms with Crippen molar-refractivity contribution in [2.75, 3.05) is 0 Å². The minimum atomic E-state index is 0.577. The van der Waals surface area contributed by atoms with Gasteiger partial charge in [-0.1, -0.05) is 0 Å². The first-order valence-electron chi connectivity index (χ1n) is 3.95. The second kappa shape index (κ2) is 2.77. The lowest BCUT2D eigenvalue weighted by atomic mass is 10.2. The molecule has 2 aromatic heterocycles. The van der Waals surface area contributed by atoms with E-state index in [9.17, 15) is 0 Å². The van der Waals surface area contributed by atoms with E-state index < -0.39 is 0 Å².